The number of sulfone groups is 1. The van der Waals surface area contributed by atoms with Gasteiger partial charge in [-0.25, -0.2) is 17.2 Å². The highest BCUT2D eigenvalue weighted by atomic mass is 32.2. The Morgan fingerprint density at radius 3 is 2.14 bits per heavy atom. The molecule has 2 aromatic rings. The Morgan fingerprint density at radius 2 is 1.62 bits per heavy atom. The third kappa shape index (κ3) is 4.06. The van der Waals surface area contributed by atoms with E-state index in [2.05, 4.69) is 0 Å². The normalized spacial score (nSPS) is 16.1. The van der Waals surface area contributed by atoms with Crippen molar-refractivity contribution < 1.29 is 22.0 Å². The topological polar surface area (TPSA) is 54.5 Å². The molecule has 0 spiro atoms. The minimum absolute atomic E-state index is 0.00716. The molecule has 1 fully saturated rings. The van der Waals surface area contributed by atoms with Gasteiger partial charge in [0.2, 0.25) is 5.91 Å². The molecule has 1 amide bonds. The molecule has 0 unspecified atom stereocenters. The van der Waals surface area contributed by atoms with Gasteiger partial charge in [-0.3, -0.25) is 4.79 Å². The van der Waals surface area contributed by atoms with Gasteiger partial charge in [-0.2, -0.15) is 0 Å². The van der Waals surface area contributed by atoms with E-state index in [1.807, 2.05) is 0 Å². The van der Waals surface area contributed by atoms with Crippen LogP contribution in [0, 0.1) is 17.6 Å². The summed E-state index contributed by atoms with van der Waals surface area (Å²) in [5, 5.41) is 0. The summed E-state index contributed by atoms with van der Waals surface area (Å²) < 4.78 is 52.8. The highest BCUT2D eigenvalue weighted by Gasteiger charge is 2.43. The van der Waals surface area contributed by atoms with E-state index in [1.165, 1.54) is 43.3 Å². The molecule has 7 heteroatoms. The number of nitrogens with zero attached hydrogens (tertiary/aromatic N) is 1. The number of benzene rings is 2. The average Bonchev–Trinajstić information content (AvgIpc) is 2.68. The first-order chi connectivity index (χ1) is 13.5. The Hall–Kier alpha value is -2.28. The Balaban J connectivity index is 1.84. The predicted octanol–water partition coefficient (Wildman–Crippen LogP) is 4.44. The van der Waals surface area contributed by atoms with Crippen LogP contribution in [-0.4, -0.2) is 37.1 Å². The molecule has 3 rings (SSSR count). The van der Waals surface area contributed by atoms with E-state index >= 15 is 0 Å². The van der Waals surface area contributed by atoms with Crippen molar-refractivity contribution in [2.24, 2.45) is 5.92 Å². The SMILES string of the molecule is CC(=O)N1CCC(C(C)(C)S(=O)(=O)c2ccc(-c3ccc(F)cc3F)cc2)CC1. The van der Waals surface area contributed by atoms with Crippen LogP contribution in [0.25, 0.3) is 11.1 Å². The molecule has 0 atom stereocenters. The van der Waals surface area contributed by atoms with Gasteiger partial charge >= 0.3 is 0 Å². The monoisotopic (exact) mass is 421 g/mol. The van der Waals surface area contributed by atoms with Gasteiger partial charge in [-0.1, -0.05) is 12.1 Å². The molecule has 29 heavy (non-hydrogen) atoms. The van der Waals surface area contributed by atoms with Crippen LogP contribution in [0.15, 0.2) is 47.4 Å². The second-order valence-electron chi connectivity index (χ2n) is 8.04. The summed E-state index contributed by atoms with van der Waals surface area (Å²) in [6, 6.07) is 9.33. The third-order valence-corrected chi connectivity index (χ3v) is 8.63. The lowest BCUT2D eigenvalue weighted by molar-refractivity contribution is -0.130. The standard InChI is InChI=1S/C22H25F2NO3S/c1-15(26)25-12-10-17(11-13-25)22(2,3)29(27,28)19-7-4-16(5-8-19)20-9-6-18(23)14-21(20)24/h4-9,14,17H,10-13H2,1-3H3. The molecule has 1 heterocycles. The Kier molecular flexibility index (Phi) is 5.81. The Labute approximate surface area is 170 Å². The first-order valence-corrected chi connectivity index (χ1v) is 11.1. The number of piperidine rings is 1. The van der Waals surface area contributed by atoms with Crippen LogP contribution in [0.2, 0.25) is 0 Å². The van der Waals surface area contributed by atoms with Gasteiger partial charge in [0.25, 0.3) is 0 Å². The van der Waals surface area contributed by atoms with Gasteiger partial charge in [-0.05, 0) is 62.4 Å². The fourth-order valence-electron chi connectivity index (χ4n) is 3.95. The molecule has 2 aromatic carbocycles. The minimum Gasteiger partial charge on any atom is -0.343 e. The number of amides is 1. The maximum atomic E-state index is 14.0. The largest absolute Gasteiger partial charge is 0.343 e. The maximum absolute atomic E-state index is 14.0. The first-order valence-electron chi connectivity index (χ1n) is 9.59. The summed E-state index contributed by atoms with van der Waals surface area (Å²) in [4.78, 5) is 13.4. The van der Waals surface area contributed by atoms with E-state index < -0.39 is 26.2 Å². The van der Waals surface area contributed by atoms with Crippen LogP contribution in [0.4, 0.5) is 8.78 Å². The van der Waals surface area contributed by atoms with Crippen molar-refractivity contribution in [1.29, 1.82) is 0 Å². The molecule has 0 saturated carbocycles. The fourth-order valence-corrected chi connectivity index (χ4v) is 5.73. The number of hydrogen-bond acceptors (Lipinski definition) is 3. The zero-order chi connectivity index (χ0) is 21.4. The number of hydrogen-bond donors (Lipinski definition) is 0. The van der Waals surface area contributed by atoms with Crippen LogP contribution in [0.5, 0.6) is 0 Å². The summed E-state index contributed by atoms with van der Waals surface area (Å²) in [7, 11) is -3.65. The van der Waals surface area contributed by atoms with Crippen molar-refractivity contribution in [2.45, 2.75) is 43.3 Å². The van der Waals surface area contributed by atoms with E-state index in [1.54, 1.807) is 18.7 Å². The second kappa shape index (κ2) is 7.86. The molecule has 0 radical (unpaired) electrons. The number of carbonyl (C=O) groups is 1. The molecule has 156 valence electrons. The molecule has 0 aliphatic carbocycles. The van der Waals surface area contributed by atoms with Crippen molar-refractivity contribution in [1.82, 2.24) is 4.90 Å². The van der Waals surface area contributed by atoms with E-state index in [0.29, 0.717) is 31.5 Å². The van der Waals surface area contributed by atoms with E-state index in [9.17, 15) is 22.0 Å². The van der Waals surface area contributed by atoms with Crippen LogP contribution in [-0.2, 0) is 14.6 Å². The van der Waals surface area contributed by atoms with Crippen LogP contribution >= 0.6 is 0 Å². The lowest BCUT2D eigenvalue weighted by Gasteiger charge is -2.40. The summed E-state index contributed by atoms with van der Waals surface area (Å²) in [6.07, 6.45) is 1.26. The van der Waals surface area contributed by atoms with Crippen molar-refractivity contribution in [2.75, 3.05) is 13.1 Å². The molecule has 1 saturated heterocycles. The molecular formula is C22H25F2NO3S. The lowest BCUT2D eigenvalue weighted by atomic mass is 9.86. The number of rotatable bonds is 4. The highest BCUT2D eigenvalue weighted by Crippen LogP contribution is 2.38. The quantitative estimate of drug-likeness (QED) is 0.733. The summed E-state index contributed by atoms with van der Waals surface area (Å²) in [5.74, 6) is -1.42. The molecule has 1 aliphatic rings. The van der Waals surface area contributed by atoms with Crippen LogP contribution in [0.3, 0.4) is 0 Å². The number of halogens is 2. The van der Waals surface area contributed by atoms with E-state index in [0.717, 1.165) is 6.07 Å². The van der Waals surface area contributed by atoms with Crippen LogP contribution < -0.4 is 0 Å². The van der Waals surface area contributed by atoms with E-state index in [4.69, 9.17) is 0 Å². The van der Waals surface area contributed by atoms with Gasteiger partial charge in [0.05, 0.1) is 9.64 Å². The molecule has 4 nitrogen and oxygen atoms in total. The van der Waals surface area contributed by atoms with Gasteiger partial charge in [-0.15, -0.1) is 0 Å². The number of likely N-dealkylation sites (tertiary alicyclic amines) is 1. The molecule has 0 N–H and O–H groups in total. The maximum Gasteiger partial charge on any atom is 0.219 e. The summed E-state index contributed by atoms with van der Waals surface area (Å²) in [6.45, 7) is 6.09. The zero-order valence-electron chi connectivity index (χ0n) is 16.8. The third-order valence-electron chi connectivity index (χ3n) is 6.02. The summed E-state index contributed by atoms with van der Waals surface area (Å²) in [5.41, 5.74) is 0.695. The minimum atomic E-state index is -3.65. The highest BCUT2D eigenvalue weighted by molar-refractivity contribution is 7.92. The molecule has 0 aromatic heterocycles. The Bertz CT molecular complexity index is 1010. The zero-order valence-corrected chi connectivity index (χ0v) is 17.6. The predicted molar refractivity (Wildman–Crippen MR) is 108 cm³/mol. The van der Waals surface area contributed by atoms with Gasteiger partial charge in [0.15, 0.2) is 9.84 Å². The van der Waals surface area contributed by atoms with Crippen molar-refractivity contribution in [3.05, 3.63) is 54.1 Å². The van der Waals surface area contributed by atoms with Crippen molar-refractivity contribution in [3.8, 4) is 11.1 Å². The molecule has 0 bridgehead atoms. The van der Waals surface area contributed by atoms with Crippen LogP contribution in [0.1, 0.15) is 33.6 Å². The second-order valence-corrected chi connectivity index (χ2v) is 10.6. The molecule has 1 aliphatic heterocycles. The summed E-state index contributed by atoms with van der Waals surface area (Å²) >= 11 is 0. The van der Waals surface area contributed by atoms with Gasteiger partial charge < -0.3 is 4.90 Å². The van der Waals surface area contributed by atoms with Gasteiger partial charge in [0, 0.05) is 31.6 Å². The van der Waals surface area contributed by atoms with Gasteiger partial charge in [0.1, 0.15) is 11.6 Å². The first kappa shape index (κ1) is 21.4. The molecular weight excluding hydrogens is 396 g/mol. The average molecular weight is 422 g/mol. The van der Waals surface area contributed by atoms with Crippen molar-refractivity contribution >= 4 is 15.7 Å². The number of carbonyl (C=O) groups excluding carboxylic acids is 1. The fraction of sp³-hybridized carbons (Fsp3) is 0.409. The Morgan fingerprint density at radius 1 is 1.03 bits per heavy atom. The lowest BCUT2D eigenvalue weighted by Crippen LogP contribution is -2.47. The van der Waals surface area contributed by atoms with Crippen molar-refractivity contribution in [3.63, 3.8) is 0 Å². The van der Waals surface area contributed by atoms with E-state index in [-0.39, 0.29) is 22.3 Å². The smallest absolute Gasteiger partial charge is 0.219 e.